The molecule has 0 fully saturated rings. The molecule has 0 unspecified atom stereocenters. The van der Waals surface area contributed by atoms with Gasteiger partial charge in [0.1, 0.15) is 6.26 Å². The molecule has 3 N–H and O–H groups in total. The van der Waals surface area contributed by atoms with E-state index in [4.69, 9.17) is 10.2 Å². The SMILES string of the molecule is Nc1occ(O)c1-c1cccc(Br)c1. The van der Waals surface area contributed by atoms with Crippen LogP contribution in [-0.4, -0.2) is 5.11 Å². The molecule has 2 rings (SSSR count). The molecule has 1 aromatic heterocycles. The third-order valence-electron chi connectivity index (χ3n) is 1.91. The highest BCUT2D eigenvalue weighted by atomic mass is 79.9. The number of aromatic hydroxyl groups is 1. The lowest BCUT2D eigenvalue weighted by molar-refractivity contribution is 0.461. The molecule has 0 saturated heterocycles. The molecule has 0 radical (unpaired) electrons. The number of benzene rings is 1. The van der Waals surface area contributed by atoms with E-state index >= 15 is 0 Å². The monoisotopic (exact) mass is 253 g/mol. The van der Waals surface area contributed by atoms with E-state index < -0.39 is 0 Å². The van der Waals surface area contributed by atoms with Crippen molar-refractivity contribution in [2.45, 2.75) is 0 Å². The van der Waals surface area contributed by atoms with Crippen LogP contribution in [-0.2, 0) is 0 Å². The summed E-state index contributed by atoms with van der Waals surface area (Å²) in [7, 11) is 0. The van der Waals surface area contributed by atoms with Gasteiger partial charge in [0.15, 0.2) is 5.75 Å². The number of nitrogen functional groups attached to an aromatic ring is 1. The molecule has 0 saturated carbocycles. The summed E-state index contributed by atoms with van der Waals surface area (Å²) in [5.74, 6) is 0.279. The molecule has 72 valence electrons. The number of nitrogens with two attached hydrogens (primary N) is 1. The largest absolute Gasteiger partial charge is 0.504 e. The number of hydrogen-bond acceptors (Lipinski definition) is 3. The van der Waals surface area contributed by atoms with E-state index in [1.807, 2.05) is 24.3 Å². The quantitative estimate of drug-likeness (QED) is 0.822. The predicted molar refractivity (Wildman–Crippen MR) is 57.9 cm³/mol. The van der Waals surface area contributed by atoms with Crippen LogP contribution in [0.2, 0.25) is 0 Å². The summed E-state index contributed by atoms with van der Waals surface area (Å²) in [5, 5.41) is 9.49. The van der Waals surface area contributed by atoms with Crippen LogP contribution in [0.5, 0.6) is 5.75 Å². The predicted octanol–water partition coefficient (Wildman–Crippen LogP) is 3.00. The standard InChI is InChI=1S/C10H8BrNO2/c11-7-3-1-2-6(4-7)9-8(13)5-14-10(9)12/h1-5,13H,12H2. The lowest BCUT2D eigenvalue weighted by Crippen LogP contribution is -1.84. The van der Waals surface area contributed by atoms with Gasteiger partial charge in [0.2, 0.25) is 5.88 Å². The Labute approximate surface area is 89.3 Å². The highest BCUT2D eigenvalue weighted by molar-refractivity contribution is 9.10. The molecular formula is C10H8BrNO2. The van der Waals surface area contributed by atoms with Crippen LogP contribution in [0.15, 0.2) is 39.4 Å². The third kappa shape index (κ3) is 1.48. The number of rotatable bonds is 1. The average Bonchev–Trinajstić information content (AvgIpc) is 2.46. The van der Waals surface area contributed by atoms with Crippen LogP contribution < -0.4 is 5.73 Å². The second-order valence-corrected chi connectivity index (χ2v) is 3.79. The van der Waals surface area contributed by atoms with Gasteiger partial charge in [-0.25, -0.2) is 0 Å². The zero-order valence-electron chi connectivity index (χ0n) is 7.20. The van der Waals surface area contributed by atoms with Gasteiger partial charge in [0.05, 0.1) is 5.56 Å². The molecule has 0 amide bonds. The lowest BCUT2D eigenvalue weighted by atomic mass is 10.1. The molecule has 0 atom stereocenters. The molecule has 0 aliphatic rings. The smallest absolute Gasteiger partial charge is 0.201 e. The first-order valence-corrected chi connectivity index (χ1v) is 4.79. The molecule has 3 nitrogen and oxygen atoms in total. The number of hydrogen-bond donors (Lipinski definition) is 2. The molecule has 2 aromatic rings. The Bertz CT molecular complexity index is 445. The second-order valence-electron chi connectivity index (χ2n) is 2.87. The van der Waals surface area contributed by atoms with Gasteiger partial charge in [-0.3, -0.25) is 0 Å². The highest BCUT2D eigenvalue weighted by Gasteiger charge is 2.12. The van der Waals surface area contributed by atoms with Crippen LogP contribution in [0.1, 0.15) is 0 Å². The molecule has 0 bridgehead atoms. The van der Waals surface area contributed by atoms with Crippen molar-refractivity contribution in [1.29, 1.82) is 0 Å². The molecule has 4 heteroatoms. The van der Waals surface area contributed by atoms with Crippen molar-refractivity contribution in [2.24, 2.45) is 0 Å². The topological polar surface area (TPSA) is 59.4 Å². The van der Waals surface area contributed by atoms with Gasteiger partial charge in [-0.05, 0) is 17.7 Å². The molecule has 1 heterocycles. The van der Waals surface area contributed by atoms with Crippen LogP contribution >= 0.6 is 15.9 Å². The van der Waals surface area contributed by atoms with Crippen LogP contribution in [0.25, 0.3) is 11.1 Å². The van der Waals surface area contributed by atoms with Gasteiger partial charge < -0.3 is 15.3 Å². The molecule has 14 heavy (non-hydrogen) atoms. The number of halogens is 1. The molecule has 0 aliphatic carbocycles. The fourth-order valence-electron chi connectivity index (χ4n) is 1.30. The van der Waals surface area contributed by atoms with E-state index in [0.717, 1.165) is 10.0 Å². The van der Waals surface area contributed by atoms with Crippen molar-refractivity contribution in [2.75, 3.05) is 5.73 Å². The van der Waals surface area contributed by atoms with Crippen molar-refractivity contribution in [3.05, 3.63) is 35.0 Å². The molecule has 1 aromatic carbocycles. The van der Waals surface area contributed by atoms with Crippen LogP contribution in [0.3, 0.4) is 0 Å². The van der Waals surface area contributed by atoms with Gasteiger partial charge in [0, 0.05) is 4.47 Å². The Hall–Kier alpha value is -1.42. The first-order valence-electron chi connectivity index (χ1n) is 4.00. The summed E-state index contributed by atoms with van der Waals surface area (Å²) < 4.78 is 5.83. The van der Waals surface area contributed by atoms with Crippen molar-refractivity contribution in [3.8, 4) is 16.9 Å². The summed E-state index contributed by atoms with van der Waals surface area (Å²) in [4.78, 5) is 0. The third-order valence-corrected chi connectivity index (χ3v) is 2.41. The maximum Gasteiger partial charge on any atom is 0.201 e. The average molecular weight is 254 g/mol. The van der Waals surface area contributed by atoms with Gasteiger partial charge in [-0.15, -0.1) is 0 Å². The van der Waals surface area contributed by atoms with Crippen molar-refractivity contribution >= 4 is 21.8 Å². The van der Waals surface area contributed by atoms with Crippen molar-refractivity contribution in [3.63, 3.8) is 0 Å². The van der Waals surface area contributed by atoms with Crippen molar-refractivity contribution < 1.29 is 9.52 Å². The van der Waals surface area contributed by atoms with Crippen LogP contribution in [0, 0.1) is 0 Å². The van der Waals surface area contributed by atoms with E-state index in [1.54, 1.807) is 0 Å². The summed E-state index contributed by atoms with van der Waals surface area (Å²) in [6.45, 7) is 0. The molecule has 0 aliphatic heterocycles. The lowest BCUT2D eigenvalue weighted by Gasteiger charge is -2.00. The van der Waals surface area contributed by atoms with E-state index in [2.05, 4.69) is 15.9 Å². The van der Waals surface area contributed by atoms with Gasteiger partial charge in [-0.2, -0.15) is 0 Å². The van der Waals surface area contributed by atoms with Gasteiger partial charge >= 0.3 is 0 Å². The van der Waals surface area contributed by atoms with Crippen LogP contribution in [0.4, 0.5) is 5.88 Å². The fraction of sp³-hybridized carbons (Fsp3) is 0. The van der Waals surface area contributed by atoms with E-state index in [-0.39, 0.29) is 11.6 Å². The number of furan rings is 1. The Morgan fingerprint density at radius 2 is 2.14 bits per heavy atom. The Balaban J connectivity index is 2.59. The highest BCUT2D eigenvalue weighted by Crippen LogP contribution is 2.36. The molecular weight excluding hydrogens is 246 g/mol. The summed E-state index contributed by atoms with van der Waals surface area (Å²) >= 11 is 3.34. The summed E-state index contributed by atoms with van der Waals surface area (Å²) in [6, 6.07) is 7.48. The van der Waals surface area contributed by atoms with E-state index in [1.165, 1.54) is 6.26 Å². The minimum absolute atomic E-state index is 0.0561. The maximum atomic E-state index is 9.49. The van der Waals surface area contributed by atoms with E-state index in [0.29, 0.717) is 5.56 Å². The fourth-order valence-corrected chi connectivity index (χ4v) is 1.70. The summed E-state index contributed by atoms with van der Waals surface area (Å²) in [5.41, 5.74) is 6.94. The first kappa shape index (κ1) is 9.15. The van der Waals surface area contributed by atoms with Gasteiger partial charge in [-0.1, -0.05) is 28.1 Å². The zero-order chi connectivity index (χ0) is 10.1. The maximum absolute atomic E-state index is 9.49. The molecule has 0 spiro atoms. The summed E-state index contributed by atoms with van der Waals surface area (Å²) in [6.07, 6.45) is 1.23. The first-order chi connectivity index (χ1) is 6.68. The Morgan fingerprint density at radius 1 is 1.36 bits per heavy atom. The van der Waals surface area contributed by atoms with Crippen molar-refractivity contribution in [1.82, 2.24) is 0 Å². The minimum atomic E-state index is 0.0561. The van der Waals surface area contributed by atoms with Gasteiger partial charge in [0.25, 0.3) is 0 Å². The Morgan fingerprint density at radius 3 is 2.71 bits per heavy atom. The Kier molecular flexibility index (Phi) is 2.21. The van der Waals surface area contributed by atoms with E-state index in [9.17, 15) is 5.11 Å². The number of anilines is 1. The minimum Gasteiger partial charge on any atom is -0.504 e. The normalized spacial score (nSPS) is 10.4. The second kappa shape index (κ2) is 3.38. The zero-order valence-corrected chi connectivity index (χ0v) is 8.78.